The molecule has 0 atom stereocenters. The van der Waals surface area contributed by atoms with E-state index in [-0.39, 0.29) is 18.4 Å². The van der Waals surface area contributed by atoms with Crippen LogP contribution < -0.4 is 10.9 Å². The summed E-state index contributed by atoms with van der Waals surface area (Å²) in [6.07, 6.45) is 3.28. The molecule has 1 aromatic carbocycles. The quantitative estimate of drug-likeness (QED) is 0.354. The van der Waals surface area contributed by atoms with Crippen LogP contribution in [-0.4, -0.2) is 33.4 Å². The summed E-state index contributed by atoms with van der Waals surface area (Å²) in [5, 5.41) is 4.95. The molecular weight excluding hydrogens is 456 g/mol. The van der Waals surface area contributed by atoms with Crippen molar-refractivity contribution in [3.8, 4) is 0 Å². The van der Waals surface area contributed by atoms with Crippen LogP contribution in [-0.2, 0) is 29.2 Å². The van der Waals surface area contributed by atoms with Crippen LogP contribution in [0, 0.1) is 0 Å². The molecule has 34 heavy (non-hydrogen) atoms. The Hall–Kier alpha value is -3.89. The Kier molecular flexibility index (Phi) is 7.41. The van der Waals surface area contributed by atoms with E-state index in [1.165, 1.54) is 11.3 Å². The Morgan fingerprint density at radius 2 is 1.82 bits per heavy atom. The number of carbonyl (C=O) groups excluding carboxylic acids is 2. The standard InChI is InChI=1S/C24H22N4O5S/c1-2-33-24(31)17-5-3-16(4-6-17)12-32-13-18-14-34-23-19(18)21(29)27-20(28-23)22(30)26-11-15-7-9-25-10-8-15/h3-10,14H,2,11-13H2,1H3,(H,26,30)(H,27,28,29). The van der Waals surface area contributed by atoms with Crippen molar-refractivity contribution in [2.24, 2.45) is 0 Å². The topological polar surface area (TPSA) is 123 Å². The Morgan fingerprint density at radius 1 is 1.06 bits per heavy atom. The van der Waals surface area contributed by atoms with Crippen LogP contribution in [0.3, 0.4) is 0 Å². The van der Waals surface area contributed by atoms with E-state index < -0.39 is 11.5 Å². The first-order valence-corrected chi connectivity index (χ1v) is 11.4. The molecule has 0 unspecified atom stereocenters. The second-order valence-corrected chi connectivity index (χ2v) is 8.16. The highest BCUT2D eigenvalue weighted by atomic mass is 32.1. The maximum atomic E-state index is 12.7. The van der Waals surface area contributed by atoms with E-state index in [0.29, 0.717) is 41.1 Å². The third-order valence-electron chi connectivity index (χ3n) is 4.93. The van der Waals surface area contributed by atoms with Gasteiger partial charge in [-0.25, -0.2) is 9.78 Å². The number of hydrogen-bond acceptors (Lipinski definition) is 8. The summed E-state index contributed by atoms with van der Waals surface area (Å²) in [5.74, 6) is -0.868. The highest BCUT2D eigenvalue weighted by Crippen LogP contribution is 2.22. The van der Waals surface area contributed by atoms with E-state index in [0.717, 1.165) is 11.1 Å². The summed E-state index contributed by atoms with van der Waals surface area (Å²) in [7, 11) is 0. The van der Waals surface area contributed by atoms with Gasteiger partial charge in [-0.15, -0.1) is 11.3 Å². The second kappa shape index (κ2) is 10.8. The van der Waals surface area contributed by atoms with Crippen molar-refractivity contribution in [2.75, 3.05) is 6.61 Å². The SMILES string of the molecule is CCOC(=O)c1ccc(COCc2csc3nc(C(=O)NCc4ccncc4)[nH]c(=O)c23)cc1. The molecule has 10 heteroatoms. The largest absolute Gasteiger partial charge is 0.462 e. The molecule has 0 fully saturated rings. The lowest BCUT2D eigenvalue weighted by Gasteiger charge is -2.06. The van der Waals surface area contributed by atoms with Crippen molar-refractivity contribution in [1.29, 1.82) is 0 Å². The first-order chi connectivity index (χ1) is 16.5. The molecule has 0 spiro atoms. The van der Waals surface area contributed by atoms with E-state index in [2.05, 4.69) is 20.3 Å². The summed E-state index contributed by atoms with van der Waals surface area (Å²) in [5.41, 5.74) is 2.55. The van der Waals surface area contributed by atoms with Crippen LogP contribution in [0.15, 0.2) is 59.0 Å². The highest BCUT2D eigenvalue weighted by Gasteiger charge is 2.15. The van der Waals surface area contributed by atoms with Gasteiger partial charge in [0.15, 0.2) is 0 Å². The molecule has 4 rings (SSSR count). The normalized spacial score (nSPS) is 10.9. The van der Waals surface area contributed by atoms with Gasteiger partial charge < -0.3 is 19.8 Å². The number of aromatic amines is 1. The van der Waals surface area contributed by atoms with Crippen molar-refractivity contribution < 1.29 is 19.1 Å². The Morgan fingerprint density at radius 3 is 2.56 bits per heavy atom. The Labute approximate surface area is 198 Å². The lowest BCUT2D eigenvalue weighted by atomic mass is 10.1. The molecule has 2 N–H and O–H groups in total. The Bertz CT molecular complexity index is 1350. The van der Waals surface area contributed by atoms with Gasteiger partial charge in [0.2, 0.25) is 5.82 Å². The zero-order chi connectivity index (χ0) is 23.9. The van der Waals surface area contributed by atoms with E-state index in [1.807, 2.05) is 0 Å². The molecule has 0 radical (unpaired) electrons. The number of thiophene rings is 1. The van der Waals surface area contributed by atoms with E-state index >= 15 is 0 Å². The van der Waals surface area contributed by atoms with Gasteiger partial charge >= 0.3 is 5.97 Å². The number of aromatic nitrogens is 3. The van der Waals surface area contributed by atoms with Crippen molar-refractivity contribution in [1.82, 2.24) is 20.3 Å². The number of rotatable bonds is 9. The number of ether oxygens (including phenoxy) is 2. The molecule has 3 aromatic heterocycles. The molecule has 0 aliphatic carbocycles. The number of nitrogens with one attached hydrogen (secondary N) is 2. The van der Waals surface area contributed by atoms with Crippen molar-refractivity contribution in [2.45, 2.75) is 26.7 Å². The lowest BCUT2D eigenvalue weighted by molar-refractivity contribution is 0.0526. The zero-order valence-corrected chi connectivity index (χ0v) is 19.2. The summed E-state index contributed by atoms with van der Waals surface area (Å²) in [6, 6.07) is 10.5. The molecule has 0 bridgehead atoms. The molecule has 0 aliphatic rings. The van der Waals surface area contributed by atoms with Crippen LogP contribution in [0.4, 0.5) is 0 Å². The fraction of sp³-hybridized carbons (Fsp3) is 0.208. The number of hydrogen-bond donors (Lipinski definition) is 2. The maximum Gasteiger partial charge on any atom is 0.338 e. The average Bonchev–Trinajstić information content (AvgIpc) is 3.27. The van der Waals surface area contributed by atoms with E-state index in [9.17, 15) is 14.4 Å². The number of benzene rings is 1. The summed E-state index contributed by atoms with van der Waals surface area (Å²) in [6.45, 7) is 2.89. The number of nitrogens with zero attached hydrogens (tertiary/aromatic N) is 2. The smallest absolute Gasteiger partial charge is 0.338 e. The van der Waals surface area contributed by atoms with Gasteiger partial charge in [0.05, 0.1) is 30.8 Å². The summed E-state index contributed by atoms with van der Waals surface area (Å²) in [4.78, 5) is 48.1. The maximum absolute atomic E-state index is 12.7. The van der Waals surface area contributed by atoms with Gasteiger partial charge in [-0.2, -0.15) is 0 Å². The highest BCUT2D eigenvalue weighted by molar-refractivity contribution is 7.16. The summed E-state index contributed by atoms with van der Waals surface area (Å²) < 4.78 is 10.7. The average molecular weight is 479 g/mol. The van der Waals surface area contributed by atoms with Gasteiger partial charge in [-0.3, -0.25) is 14.6 Å². The molecule has 0 saturated carbocycles. The van der Waals surface area contributed by atoms with Gasteiger partial charge in [0.1, 0.15) is 4.83 Å². The number of esters is 1. The van der Waals surface area contributed by atoms with Crippen LogP contribution in [0.25, 0.3) is 10.2 Å². The molecular formula is C24H22N4O5S. The summed E-state index contributed by atoms with van der Waals surface area (Å²) >= 11 is 1.28. The number of fused-ring (bicyclic) bond motifs is 1. The predicted molar refractivity (Wildman–Crippen MR) is 127 cm³/mol. The van der Waals surface area contributed by atoms with Crippen LogP contribution >= 0.6 is 11.3 Å². The van der Waals surface area contributed by atoms with E-state index in [4.69, 9.17) is 9.47 Å². The molecule has 174 valence electrons. The first kappa shape index (κ1) is 23.3. The number of amides is 1. The van der Waals surface area contributed by atoms with Crippen molar-refractivity contribution in [3.05, 3.63) is 92.6 Å². The number of pyridine rings is 1. The molecule has 3 heterocycles. The minimum Gasteiger partial charge on any atom is -0.462 e. The number of H-pyrrole nitrogens is 1. The Balaban J connectivity index is 1.38. The third kappa shape index (κ3) is 5.53. The monoisotopic (exact) mass is 478 g/mol. The van der Waals surface area contributed by atoms with Crippen molar-refractivity contribution in [3.63, 3.8) is 0 Å². The minimum absolute atomic E-state index is 0.0393. The first-order valence-electron chi connectivity index (χ1n) is 10.6. The van der Waals surface area contributed by atoms with Crippen molar-refractivity contribution >= 4 is 33.4 Å². The van der Waals surface area contributed by atoms with Gasteiger partial charge in [-0.1, -0.05) is 12.1 Å². The van der Waals surface area contributed by atoms with Gasteiger partial charge in [-0.05, 0) is 47.7 Å². The van der Waals surface area contributed by atoms with Gasteiger partial charge in [0.25, 0.3) is 11.5 Å². The minimum atomic E-state index is -0.465. The van der Waals surface area contributed by atoms with Gasteiger partial charge in [0, 0.05) is 24.5 Å². The lowest BCUT2D eigenvalue weighted by Crippen LogP contribution is -2.27. The zero-order valence-electron chi connectivity index (χ0n) is 18.4. The fourth-order valence-corrected chi connectivity index (χ4v) is 4.14. The molecule has 0 saturated heterocycles. The van der Waals surface area contributed by atoms with Crippen LogP contribution in [0.1, 0.15) is 44.6 Å². The van der Waals surface area contributed by atoms with Crippen LogP contribution in [0.2, 0.25) is 0 Å². The fourth-order valence-electron chi connectivity index (χ4n) is 3.22. The van der Waals surface area contributed by atoms with Crippen LogP contribution in [0.5, 0.6) is 0 Å². The van der Waals surface area contributed by atoms with E-state index in [1.54, 1.807) is 61.1 Å². The molecule has 9 nitrogen and oxygen atoms in total. The third-order valence-corrected chi connectivity index (χ3v) is 5.85. The predicted octanol–water partition coefficient (Wildman–Crippen LogP) is 3.20. The second-order valence-electron chi connectivity index (χ2n) is 7.30. The number of carbonyl (C=O) groups is 2. The molecule has 4 aromatic rings. The molecule has 1 amide bonds. The molecule has 0 aliphatic heterocycles.